The van der Waals surface area contributed by atoms with Crippen LogP contribution in [0, 0.1) is 0 Å². The zero-order valence-corrected chi connectivity index (χ0v) is 18.9. The fourth-order valence-corrected chi connectivity index (χ4v) is 4.04. The van der Waals surface area contributed by atoms with Crippen LogP contribution in [0.3, 0.4) is 0 Å². The van der Waals surface area contributed by atoms with E-state index in [1.807, 2.05) is 30.3 Å². The Kier molecular flexibility index (Phi) is 7.77. The number of amides is 3. The van der Waals surface area contributed by atoms with E-state index in [9.17, 15) is 14.4 Å². The van der Waals surface area contributed by atoms with Gasteiger partial charge in [0, 0.05) is 13.1 Å². The van der Waals surface area contributed by atoms with Crippen LogP contribution in [0.15, 0.2) is 47.4 Å². The molecule has 0 spiro atoms. The largest absolute Gasteiger partial charge is 0.493 e. The van der Waals surface area contributed by atoms with Gasteiger partial charge in [-0.1, -0.05) is 30.3 Å². The molecule has 8 nitrogen and oxygen atoms in total. The first-order valence-electron chi connectivity index (χ1n) is 9.82. The predicted octanol–water partition coefficient (Wildman–Crippen LogP) is 3.11. The maximum absolute atomic E-state index is 12.7. The molecule has 0 aromatic heterocycles. The summed E-state index contributed by atoms with van der Waals surface area (Å²) in [4.78, 5) is 38.6. The van der Waals surface area contributed by atoms with Crippen LogP contribution < -0.4 is 19.5 Å². The van der Waals surface area contributed by atoms with Crippen molar-refractivity contribution in [2.75, 3.05) is 34.4 Å². The third-order valence-electron chi connectivity index (χ3n) is 4.72. The smallest absolute Gasteiger partial charge is 0.293 e. The number of rotatable bonds is 9. The quantitative estimate of drug-likeness (QED) is 0.580. The first-order chi connectivity index (χ1) is 15.5. The van der Waals surface area contributed by atoms with Crippen molar-refractivity contribution in [1.82, 2.24) is 10.2 Å². The van der Waals surface area contributed by atoms with Gasteiger partial charge in [-0.3, -0.25) is 19.3 Å². The van der Waals surface area contributed by atoms with Crippen LogP contribution >= 0.6 is 11.8 Å². The lowest BCUT2D eigenvalue weighted by Crippen LogP contribution is -2.37. The number of hydrogen-bond acceptors (Lipinski definition) is 7. The molecule has 3 rings (SSSR count). The van der Waals surface area contributed by atoms with Crippen molar-refractivity contribution in [3.63, 3.8) is 0 Å². The summed E-state index contributed by atoms with van der Waals surface area (Å²) in [5.41, 5.74) is 1.52. The maximum atomic E-state index is 12.7. The topological polar surface area (TPSA) is 94.2 Å². The normalized spacial score (nSPS) is 14.6. The lowest BCUT2D eigenvalue weighted by Gasteiger charge is -2.13. The van der Waals surface area contributed by atoms with Crippen LogP contribution in [0.1, 0.15) is 11.1 Å². The van der Waals surface area contributed by atoms with Crippen LogP contribution in [-0.4, -0.2) is 56.4 Å². The van der Waals surface area contributed by atoms with Crippen LogP contribution in [0.25, 0.3) is 6.08 Å². The Hall–Kier alpha value is -3.46. The molecule has 0 radical (unpaired) electrons. The second-order valence-corrected chi connectivity index (χ2v) is 7.80. The highest BCUT2D eigenvalue weighted by atomic mass is 32.2. The van der Waals surface area contributed by atoms with E-state index >= 15 is 0 Å². The third-order valence-corrected chi connectivity index (χ3v) is 5.63. The minimum absolute atomic E-state index is 0.0950. The van der Waals surface area contributed by atoms with Crippen molar-refractivity contribution in [2.24, 2.45) is 0 Å². The summed E-state index contributed by atoms with van der Waals surface area (Å²) < 4.78 is 16.0. The van der Waals surface area contributed by atoms with Gasteiger partial charge in [0.1, 0.15) is 0 Å². The molecule has 0 bridgehead atoms. The van der Waals surface area contributed by atoms with Gasteiger partial charge in [0.15, 0.2) is 11.5 Å². The highest BCUT2D eigenvalue weighted by Gasteiger charge is 2.34. The fourth-order valence-electron chi connectivity index (χ4n) is 3.18. The van der Waals surface area contributed by atoms with Crippen molar-refractivity contribution in [3.8, 4) is 17.2 Å². The average molecular weight is 457 g/mol. The average Bonchev–Trinajstić information content (AvgIpc) is 3.06. The molecule has 2 aromatic rings. The minimum Gasteiger partial charge on any atom is -0.493 e. The number of carbonyl (C=O) groups excluding carboxylic acids is 3. The number of ether oxygens (including phenoxy) is 3. The molecule has 0 aliphatic carbocycles. The molecule has 9 heteroatoms. The molecule has 1 heterocycles. The van der Waals surface area contributed by atoms with E-state index in [0.717, 1.165) is 22.2 Å². The van der Waals surface area contributed by atoms with E-state index in [1.165, 1.54) is 21.3 Å². The van der Waals surface area contributed by atoms with Crippen molar-refractivity contribution >= 4 is 34.9 Å². The highest BCUT2D eigenvalue weighted by molar-refractivity contribution is 8.18. The summed E-state index contributed by atoms with van der Waals surface area (Å²) in [7, 11) is 4.51. The third kappa shape index (κ3) is 5.42. The van der Waals surface area contributed by atoms with E-state index in [4.69, 9.17) is 14.2 Å². The van der Waals surface area contributed by atoms with E-state index in [1.54, 1.807) is 18.2 Å². The molecule has 0 atom stereocenters. The molecule has 168 valence electrons. The number of imide groups is 1. The lowest BCUT2D eigenvalue weighted by atomic mass is 10.1. The number of nitrogens with one attached hydrogen (secondary N) is 1. The molecule has 1 N–H and O–H groups in total. The van der Waals surface area contributed by atoms with Gasteiger partial charge < -0.3 is 19.5 Å². The summed E-state index contributed by atoms with van der Waals surface area (Å²) in [6.07, 6.45) is 1.84. The van der Waals surface area contributed by atoms with Crippen LogP contribution in [0.5, 0.6) is 17.2 Å². The first-order valence-corrected chi connectivity index (χ1v) is 10.6. The van der Waals surface area contributed by atoms with Crippen molar-refractivity contribution in [3.05, 3.63) is 58.5 Å². The minimum atomic E-state index is -0.411. The standard InChI is InChI=1S/C23H24N2O6S/c1-29-17-11-16(12-18(30-2)21(17)31-3)13-19-22(27)25(23(28)32-19)10-9-24-20(26)14-15-7-5-4-6-8-15/h4-8,11-13H,9-10,14H2,1-3H3,(H,24,26). The molecule has 0 unspecified atom stereocenters. The summed E-state index contributed by atoms with van der Waals surface area (Å²) in [6.45, 7) is 0.277. The Morgan fingerprint density at radius 3 is 2.28 bits per heavy atom. The highest BCUT2D eigenvalue weighted by Crippen LogP contribution is 2.40. The molecule has 1 saturated heterocycles. The summed E-state index contributed by atoms with van der Waals surface area (Å²) >= 11 is 0.848. The van der Waals surface area contributed by atoms with Crippen LogP contribution in [0.2, 0.25) is 0 Å². The van der Waals surface area contributed by atoms with Crippen LogP contribution in [-0.2, 0) is 16.0 Å². The number of benzene rings is 2. The maximum Gasteiger partial charge on any atom is 0.293 e. The summed E-state index contributed by atoms with van der Waals surface area (Å²) in [6, 6.07) is 12.7. The Balaban J connectivity index is 1.64. The van der Waals surface area contributed by atoms with E-state index in [-0.39, 0.29) is 35.6 Å². The van der Waals surface area contributed by atoms with Gasteiger partial charge in [0.2, 0.25) is 11.7 Å². The Bertz CT molecular complexity index is 1010. The van der Waals surface area contributed by atoms with Gasteiger partial charge in [-0.25, -0.2) is 0 Å². The molecule has 1 aliphatic heterocycles. The molecule has 0 saturated carbocycles. The van der Waals surface area contributed by atoms with Crippen LogP contribution in [0.4, 0.5) is 4.79 Å². The number of hydrogen-bond donors (Lipinski definition) is 1. The zero-order valence-electron chi connectivity index (χ0n) is 18.0. The number of carbonyl (C=O) groups is 3. The molecule has 1 fully saturated rings. The summed E-state index contributed by atoms with van der Waals surface area (Å²) in [5, 5.41) is 2.36. The molecule has 2 aromatic carbocycles. The molecule has 1 aliphatic rings. The number of thioether (sulfide) groups is 1. The zero-order chi connectivity index (χ0) is 23.1. The Labute approximate surface area is 190 Å². The first kappa shape index (κ1) is 23.2. The lowest BCUT2D eigenvalue weighted by molar-refractivity contribution is -0.124. The van der Waals surface area contributed by atoms with Gasteiger partial charge in [-0.2, -0.15) is 0 Å². The molecule has 3 amide bonds. The van der Waals surface area contributed by atoms with Gasteiger partial charge in [-0.15, -0.1) is 0 Å². The SMILES string of the molecule is COc1cc(C=C2SC(=O)N(CCNC(=O)Cc3ccccc3)C2=O)cc(OC)c1OC. The van der Waals surface area contributed by atoms with Crippen molar-refractivity contribution in [1.29, 1.82) is 0 Å². The second-order valence-electron chi connectivity index (χ2n) is 6.80. The number of methoxy groups -OCH3 is 3. The van der Waals surface area contributed by atoms with E-state index < -0.39 is 5.91 Å². The van der Waals surface area contributed by atoms with Gasteiger partial charge >= 0.3 is 0 Å². The Morgan fingerprint density at radius 1 is 1.03 bits per heavy atom. The molecule has 32 heavy (non-hydrogen) atoms. The Morgan fingerprint density at radius 2 is 1.69 bits per heavy atom. The van der Waals surface area contributed by atoms with Gasteiger partial charge in [-0.05, 0) is 41.1 Å². The van der Waals surface area contributed by atoms with Gasteiger partial charge in [0.05, 0.1) is 32.7 Å². The molecular weight excluding hydrogens is 432 g/mol. The molecular formula is C23H24N2O6S. The van der Waals surface area contributed by atoms with Crippen molar-refractivity contribution < 1.29 is 28.6 Å². The van der Waals surface area contributed by atoms with Gasteiger partial charge in [0.25, 0.3) is 11.1 Å². The van der Waals surface area contributed by atoms with E-state index in [0.29, 0.717) is 22.8 Å². The predicted molar refractivity (Wildman–Crippen MR) is 122 cm³/mol. The fraction of sp³-hybridized carbons (Fsp3) is 0.261. The van der Waals surface area contributed by atoms with E-state index in [2.05, 4.69) is 5.32 Å². The monoisotopic (exact) mass is 456 g/mol. The summed E-state index contributed by atoms with van der Waals surface area (Å²) in [5.74, 6) is 0.741. The van der Waals surface area contributed by atoms with Crippen molar-refractivity contribution in [2.45, 2.75) is 6.42 Å². The number of nitrogens with zero attached hydrogens (tertiary/aromatic N) is 1. The second kappa shape index (κ2) is 10.7.